The number of hydrogen-bond donors (Lipinski definition) is 1. The van der Waals surface area contributed by atoms with Gasteiger partial charge in [-0.3, -0.25) is 13.9 Å². The van der Waals surface area contributed by atoms with Crippen molar-refractivity contribution in [3.8, 4) is 5.75 Å². The summed E-state index contributed by atoms with van der Waals surface area (Å²) >= 11 is 0. The summed E-state index contributed by atoms with van der Waals surface area (Å²) in [6.07, 6.45) is 5.74. The molecule has 0 saturated heterocycles. The maximum Gasteiger partial charge on any atom is 0.242 e. The lowest BCUT2D eigenvalue weighted by molar-refractivity contribution is -0.141. The van der Waals surface area contributed by atoms with Crippen LogP contribution < -0.4 is 14.4 Å². The number of ether oxygens (including phenoxy) is 1. The third-order valence-electron chi connectivity index (χ3n) is 6.98. The van der Waals surface area contributed by atoms with E-state index in [1.165, 1.54) is 4.31 Å². The topological polar surface area (TPSA) is 96.0 Å². The van der Waals surface area contributed by atoms with E-state index >= 15 is 0 Å². The van der Waals surface area contributed by atoms with E-state index < -0.39 is 16.1 Å². The van der Waals surface area contributed by atoms with Crippen LogP contribution in [0, 0.1) is 6.92 Å². The van der Waals surface area contributed by atoms with E-state index in [-0.39, 0.29) is 30.8 Å². The number of carbonyl (C=O) groups excluding carboxylic acids is 2. The first-order valence-corrected chi connectivity index (χ1v) is 14.7. The molecule has 3 rings (SSSR count). The second-order valence-corrected chi connectivity index (χ2v) is 11.7. The molecule has 0 spiro atoms. The molecule has 0 bridgehead atoms. The zero-order valence-corrected chi connectivity index (χ0v) is 23.1. The fourth-order valence-electron chi connectivity index (χ4n) is 4.70. The van der Waals surface area contributed by atoms with Crippen molar-refractivity contribution in [2.45, 2.75) is 71.0 Å². The van der Waals surface area contributed by atoms with Crippen molar-refractivity contribution in [1.29, 1.82) is 0 Å². The Morgan fingerprint density at radius 1 is 1.08 bits per heavy atom. The van der Waals surface area contributed by atoms with E-state index in [9.17, 15) is 18.0 Å². The maximum absolute atomic E-state index is 13.5. The molecular formula is C28H39N3O5S. The van der Waals surface area contributed by atoms with Crippen LogP contribution in [0.4, 0.5) is 5.69 Å². The molecule has 202 valence electrons. The molecule has 0 radical (unpaired) electrons. The number of nitrogens with zero attached hydrogens (tertiary/aromatic N) is 2. The second-order valence-electron chi connectivity index (χ2n) is 9.75. The fourth-order valence-corrected chi connectivity index (χ4v) is 5.66. The van der Waals surface area contributed by atoms with E-state index in [2.05, 4.69) is 5.32 Å². The molecule has 0 aliphatic heterocycles. The Morgan fingerprint density at radius 2 is 1.73 bits per heavy atom. The van der Waals surface area contributed by atoms with Gasteiger partial charge in [0.05, 0.1) is 19.1 Å². The monoisotopic (exact) mass is 529 g/mol. The van der Waals surface area contributed by atoms with Gasteiger partial charge in [0.1, 0.15) is 11.8 Å². The Kier molecular flexibility index (Phi) is 9.97. The molecular weight excluding hydrogens is 490 g/mol. The van der Waals surface area contributed by atoms with Crippen molar-refractivity contribution < 1.29 is 22.7 Å². The van der Waals surface area contributed by atoms with Gasteiger partial charge in [-0.25, -0.2) is 8.42 Å². The van der Waals surface area contributed by atoms with E-state index in [1.807, 2.05) is 31.2 Å². The molecule has 1 aliphatic rings. The minimum Gasteiger partial charge on any atom is -0.497 e. The van der Waals surface area contributed by atoms with Crippen molar-refractivity contribution in [2.24, 2.45) is 0 Å². The molecule has 2 aromatic carbocycles. The normalized spacial score (nSPS) is 14.7. The quantitative estimate of drug-likeness (QED) is 0.448. The summed E-state index contributed by atoms with van der Waals surface area (Å²) in [5, 5.41) is 3.11. The first kappa shape index (κ1) is 28.5. The molecule has 9 heteroatoms. The van der Waals surface area contributed by atoms with Crippen molar-refractivity contribution in [1.82, 2.24) is 10.2 Å². The Balaban J connectivity index is 1.72. The van der Waals surface area contributed by atoms with Crippen LogP contribution >= 0.6 is 0 Å². The average molecular weight is 530 g/mol. The van der Waals surface area contributed by atoms with Crippen molar-refractivity contribution in [3.63, 3.8) is 0 Å². The van der Waals surface area contributed by atoms with E-state index in [0.29, 0.717) is 24.4 Å². The van der Waals surface area contributed by atoms with Gasteiger partial charge in [-0.2, -0.15) is 0 Å². The first-order valence-electron chi connectivity index (χ1n) is 12.9. The standard InChI is InChI=1S/C28H39N3O5S/c1-21-10-5-6-11-23(21)20-30(22(2)28(33)29-24-12-7-8-13-24)27(32)14-9-19-31(37(4,34)35)25-15-17-26(36-3)18-16-25/h5-6,10-11,15-18,22,24H,7-9,12-14,19-20H2,1-4H3,(H,29,33)/t22-/m0/s1. The molecule has 37 heavy (non-hydrogen) atoms. The second kappa shape index (κ2) is 12.9. The summed E-state index contributed by atoms with van der Waals surface area (Å²) in [6.45, 7) is 4.22. The number of nitrogens with one attached hydrogen (secondary N) is 1. The van der Waals surface area contributed by atoms with E-state index in [1.54, 1.807) is 43.2 Å². The summed E-state index contributed by atoms with van der Waals surface area (Å²) in [5.41, 5.74) is 2.54. The number of methoxy groups -OCH3 is 1. The van der Waals surface area contributed by atoms with Crippen molar-refractivity contribution in [3.05, 3.63) is 59.7 Å². The van der Waals surface area contributed by atoms with Crippen LogP contribution in [-0.4, -0.2) is 57.1 Å². The van der Waals surface area contributed by atoms with Crippen LogP contribution in [0.3, 0.4) is 0 Å². The van der Waals surface area contributed by atoms with Crippen molar-refractivity contribution >= 4 is 27.5 Å². The fraction of sp³-hybridized carbons (Fsp3) is 0.500. The van der Waals surface area contributed by atoms with Gasteiger partial charge in [0, 0.05) is 25.6 Å². The number of anilines is 1. The molecule has 1 fully saturated rings. The molecule has 1 aliphatic carbocycles. The van der Waals surface area contributed by atoms with Crippen LogP contribution in [0.15, 0.2) is 48.5 Å². The Bertz CT molecular complexity index is 1160. The molecule has 0 unspecified atom stereocenters. The Morgan fingerprint density at radius 3 is 2.32 bits per heavy atom. The number of hydrogen-bond acceptors (Lipinski definition) is 5. The smallest absolute Gasteiger partial charge is 0.242 e. The SMILES string of the molecule is COc1ccc(N(CCCC(=O)N(Cc2ccccc2C)[C@@H](C)C(=O)NC2CCCC2)S(C)(=O)=O)cc1. The highest BCUT2D eigenvalue weighted by atomic mass is 32.2. The van der Waals surface area contributed by atoms with Crippen LogP contribution in [0.1, 0.15) is 56.6 Å². The highest BCUT2D eigenvalue weighted by Gasteiger charge is 2.29. The van der Waals surface area contributed by atoms with Crippen LogP contribution in [0.5, 0.6) is 5.75 Å². The predicted molar refractivity (Wildman–Crippen MR) is 146 cm³/mol. The minimum atomic E-state index is -3.55. The lowest BCUT2D eigenvalue weighted by Gasteiger charge is -2.30. The maximum atomic E-state index is 13.5. The molecule has 2 amide bonds. The number of aryl methyl sites for hydroxylation is 1. The summed E-state index contributed by atoms with van der Waals surface area (Å²) in [4.78, 5) is 28.1. The van der Waals surface area contributed by atoms with Crippen LogP contribution in [-0.2, 0) is 26.2 Å². The Labute approximate surface area is 221 Å². The number of benzene rings is 2. The summed E-state index contributed by atoms with van der Waals surface area (Å²) in [5.74, 6) is 0.300. The molecule has 2 aromatic rings. The zero-order chi connectivity index (χ0) is 27.0. The van der Waals surface area contributed by atoms with Crippen molar-refractivity contribution in [2.75, 3.05) is 24.2 Å². The largest absolute Gasteiger partial charge is 0.497 e. The molecule has 0 heterocycles. The zero-order valence-electron chi connectivity index (χ0n) is 22.3. The first-order chi connectivity index (χ1) is 17.6. The molecule has 1 saturated carbocycles. The summed E-state index contributed by atoms with van der Waals surface area (Å²) < 4.78 is 31.4. The molecule has 8 nitrogen and oxygen atoms in total. The summed E-state index contributed by atoms with van der Waals surface area (Å²) in [6, 6.07) is 14.1. The summed E-state index contributed by atoms with van der Waals surface area (Å²) in [7, 11) is -2.00. The highest BCUT2D eigenvalue weighted by molar-refractivity contribution is 7.92. The van der Waals surface area contributed by atoms with Gasteiger partial charge >= 0.3 is 0 Å². The number of carbonyl (C=O) groups is 2. The number of amides is 2. The van der Waals surface area contributed by atoms with E-state index in [4.69, 9.17) is 4.74 Å². The van der Waals surface area contributed by atoms with Gasteiger partial charge in [0.15, 0.2) is 0 Å². The third kappa shape index (κ3) is 7.95. The van der Waals surface area contributed by atoms with Gasteiger partial charge in [0.2, 0.25) is 21.8 Å². The number of rotatable bonds is 12. The van der Waals surface area contributed by atoms with Gasteiger partial charge in [0.25, 0.3) is 0 Å². The van der Waals surface area contributed by atoms with Gasteiger partial charge in [-0.05, 0) is 68.5 Å². The van der Waals surface area contributed by atoms with E-state index in [0.717, 1.165) is 43.1 Å². The van der Waals surface area contributed by atoms with Gasteiger partial charge in [-0.1, -0.05) is 37.1 Å². The molecule has 0 aromatic heterocycles. The van der Waals surface area contributed by atoms with Gasteiger partial charge < -0.3 is 15.0 Å². The average Bonchev–Trinajstić information content (AvgIpc) is 3.38. The Hall–Kier alpha value is -3.07. The lowest BCUT2D eigenvalue weighted by Crippen LogP contribution is -2.49. The van der Waals surface area contributed by atoms with Crippen LogP contribution in [0.2, 0.25) is 0 Å². The molecule has 1 N–H and O–H groups in total. The molecule has 1 atom stereocenters. The van der Waals surface area contributed by atoms with Crippen LogP contribution in [0.25, 0.3) is 0 Å². The lowest BCUT2D eigenvalue weighted by atomic mass is 10.1. The highest BCUT2D eigenvalue weighted by Crippen LogP contribution is 2.23. The third-order valence-corrected chi connectivity index (χ3v) is 8.18. The minimum absolute atomic E-state index is 0.120. The predicted octanol–water partition coefficient (Wildman–Crippen LogP) is 4.03. The van der Waals surface area contributed by atoms with Gasteiger partial charge in [-0.15, -0.1) is 0 Å². The number of sulfonamides is 1.